The Balaban J connectivity index is 1.59. The van der Waals surface area contributed by atoms with Gasteiger partial charge in [-0.3, -0.25) is 0 Å². The molecule has 0 aliphatic rings. The Morgan fingerprint density at radius 2 is 1.70 bits per heavy atom. The molecule has 3 aromatic rings. The zero-order valence-corrected chi connectivity index (χ0v) is 11.8. The molecule has 0 unspecified atom stereocenters. The maximum Gasteiger partial charge on any atom is 0.0480 e. The summed E-state index contributed by atoms with van der Waals surface area (Å²) in [5.41, 5.74) is 4.02. The number of hydrogen-bond donors (Lipinski definition) is 1. The van der Waals surface area contributed by atoms with Gasteiger partial charge in [0.25, 0.3) is 0 Å². The van der Waals surface area contributed by atoms with Crippen LogP contribution in [-0.2, 0) is 20.0 Å². The first-order chi connectivity index (χ1) is 9.84. The second-order valence-corrected chi connectivity index (χ2v) is 5.17. The Morgan fingerprint density at radius 3 is 2.50 bits per heavy atom. The van der Waals surface area contributed by atoms with Crippen LogP contribution in [0.3, 0.4) is 0 Å². The van der Waals surface area contributed by atoms with Gasteiger partial charge in [0.15, 0.2) is 0 Å². The van der Waals surface area contributed by atoms with Gasteiger partial charge in [0.05, 0.1) is 0 Å². The number of aromatic nitrogens is 1. The molecule has 3 rings (SSSR count). The number of rotatable bonds is 5. The van der Waals surface area contributed by atoms with Crippen molar-refractivity contribution in [1.82, 2.24) is 9.88 Å². The Hall–Kier alpha value is -2.06. The second kappa shape index (κ2) is 5.93. The minimum Gasteiger partial charge on any atom is -0.346 e. The summed E-state index contributed by atoms with van der Waals surface area (Å²) < 4.78 is 2.27. The van der Waals surface area contributed by atoms with Crippen molar-refractivity contribution in [2.75, 3.05) is 6.54 Å². The lowest BCUT2D eigenvalue weighted by Crippen LogP contribution is -2.18. The van der Waals surface area contributed by atoms with Gasteiger partial charge < -0.3 is 9.88 Å². The van der Waals surface area contributed by atoms with Crippen LogP contribution in [0.15, 0.2) is 60.7 Å². The van der Waals surface area contributed by atoms with E-state index in [1.807, 2.05) is 0 Å². The summed E-state index contributed by atoms with van der Waals surface area (Å²) in [6, 6.07) is 21.4. The van der Waals surface area contributed by atoms with Gasteiger partial charge in [0.1, 0.15) is 0 Å². The molecule has 0 radical (unpaired) electrons. The van der Waals surface area contributed by atoms with Crippen molar-refractivity contribution >= 4 is 10.9 Å². The van der Waals surface area contributed by atoms with Gasteiger partial charge in [0.2, 0.25) is 0 Å². The Labute approximate surface area is 120 Å². The Morgan fingerprint density at radius 1 is 0.950 bits per heavy atom. The average Bonchev–Trinajstić information content (AvgIpc) is 2.82. The smallest absolute Gasteiger partial charge is 0.0480 e. The van der Waals surface area contributed by atoms with E-state index in [9.17, 15) is 0 Å². The zero-order chi connectivity index (χ0) is 13.8. The fourth-order valence-electron chi connectivity index (χ4n) is 2.61. The van der Waals surface area contributed by atoms with Crippen LogP contribution >= 0.6 is 0 Å². The van der Waals surface area contributed by atoms with E-state index in [0.29, 0.717) is 0 Å². The summed E-state index contributed by atoms with van der Waals surface area (Å²) in [6.45, 7) is 1.92. The maximum absolute atomic E-state index is 3.53. The van der Waals surface area contributed by atoms with E-state index >= 15 is 0 Å². The molecule has 0 spiro atoms. The number of nitrogens with zero attached hydrogens (tertiary/aromatic N) is 1. The summed E-state index contributed by atoms with van der Waals surface area (Å²) >= 11 is 0. The Bertz CT molecular complexity index is 683. The van der Waals surface area contributed by atoms with Crippen LogP contribution in [0, 0.1) is 0 Å². The van der Waals surface area contributed by atoms with E-state index in [1.165, 1.54) is 22.2 Å². The lowest BCUT2D eigenvalue weighted by Gasteiger charge is -2.06. The van der Waals surface area contributed by atoms with E-state index in [1.54, 1.807) is 0 Å². The van der Waals surface area contributed by atoms with Crippen molar-refractivity contribution in [3.63, 3.8) is 0 Å². The van der Waals surface area contributed by atoms with E-state index in [2.05, 4.69) is 77.6 Å². The predicted octanol–water partition coefficient (Wildman–Crippen LogP) is 3.51. The molecule has 102 valence electrons. The summed E-state index contributed by atoms with van der Waals surface area (Å²) in [4.78, 5) is 0. The molecule has 1 aromatic heterocycles. The van der Waals surface area contributed by atoms with Crippen LogP contribution < -0.4 is 5.32 Å². The van der Waals surface area contributed by atoms with Gasteiger partial charge in [0, 0.05) is 24.8 Å². The fourth-order valence-corrected chi connectivity index (χ4v) is 2.61. The molecule has 1 N–H and O–H groups in total. The van der Waals surface area contributed by atoms with Crippen molar-refractivity contribution in [1.29, 1.82) is 0 Å². The first kappa shape index (κ1) is 12.9. The Kier molecular flexibility index (Phi) is 3.84. The average molecular weight is 264 g/mol. The normalized spacial score (nSPS) is 11.1. The minimum atomic E-state index is 0.915. The number of para-hydroxylation sites is 1. The van der Waals surface area contributed by atoms with Crippen molar-refractivity contribution in [2.24, 2.45) is 7.05 Å². The second-order valence-electron chi connectivity index (χ2n) is 5.17. The number of fused-ring (bicyclic) bond motifs is 1. The molecule has 0 amide bonds. The molecule has 20 heavy (non-hydrogen) atoms. The topological polar surface area (TPSA) is 17.0 Å². The largest absolute Gasteiger partial charge is 0.346 e. The molecule has 1 heterocycles. The number of aryl methyl sites for hydroxylation is 1. The summed E-state index contributed by atoms with van der Waals surface area (Å²) in [6.07, 6.45) is 1.07. The highest BCUT2D eigenvalue weighted by molar-refractivity contribution is 5.81. The molecule has 0 aliphatic heterocycles. The zero-order valence-electron chi connectivity index (χ0n) is 11.8. The SMILES string of the molecule is Cn1c(CNCCc2ccccc2)cc2ccccc21. The van der Waals surface area contributed by atoms with Gasteiger partial charge in [-0.1, -0.05) is 48.5 Å². The maximum atomic E-state index is 3.53. The van der Waals surface area contributed by atoms with Crippen LogP contribution in [0.25, 0.3) is 10.9 Å². The first-order valence-electron chi connectivity index (χ1n) is 7.12. The van der Waals surface area contributed by atoms with Gasteiger partial charge in [-0.2, -0.15) is 0 Å². The molecule has 2 nitrogen and oxygen atoms in total. The van der Waals surface area contributed by atoms with Crippen LogP contribution in [0.5, 0.6) is 0 Å². The summed E-state index contributed by atoms with van der Waals surface area (Å²) in [5, 5.41) is 4.85. The highest BCUT2D eigenvalue weighted by atomic mass is 15.0. The van der Waals surface area contributed by atoms with Crippen LogP contribution in [0.1, 0.15) is 11.3 Å². The monoisotopic (exact) mass is 264 g/mol. The summed E-state index contributed by atoms with van der Waals surface area (Å²) in [5.74, 6) is 0. The van der Waals surface area contributed by atoms with E-state index < -0.39 is 0 Å². The van der Waals surface area contributed by atoms with E-state index in [0.717, 1.165) is 19.5 Å². The van der Waals surface area contributed by atoms with Crippen molar-refractivity contribution < 1.29 is 0 Å². The van der Waals surface area contributed by atoms with Crippen molar-refractivity contribution in [3.05, 3.63) is 71.9 Å². The number of benzene rings is 2. The highest BCUT2D eigenvalue weighted by Gasteiger charge is 2.04. The van der Waals surface area contributed by atoms with Crippen LogP contribution in [-0.4, -0.2) is 11.1 Å². The third-order valence-corrected chi connectivity index (χ3v) is 3.79. The predicted molar refractivity (Wildman–Crippen MR) is 84.8 cm³/mol. The molecule has 0 saturated carbocycles. The quantitative estimate of drug-likeness (QED) is 0.698. The molecule has 0 saturated heterocycles. The third-order valence-electron chi connectivity index (χ3n) is 3.79. The number of nitrogens with one attached hydrogen (secondary N) is 1. The highest BCUT2D eigenvalue weighted by Crippen LogP contribution is 2.17. The van der Waals surface area contributed by atoms with Crippen molar-refractivity contribution in [2.45, 2.75) is 13.0 Å². The van der Waals surface area contributed by atoms with E-state index in [4.69, 9.17) is 0 Å². The van der Waals surface area contributed by atoms with Crippen LogP contribution in [0.4, 0.5) is 0 Å². The third kappa shape index (κ3) is 2.75. The van der Waals surface area contributed by atoms with Gasteiger partial charge in [-0.15, -0.1) is 0 Å². The first-order valence-corrected chi connectivity index (χ1v) is 7.12. The van der Waals surface area contributed by atoms with E-state index in [-0.39, 0.29) is 0 Å². The standard InChI is InChI=1S/C18H20N2/c1-20-17(13-16-9-5-6-10-18(16)20)14-19-12-11-15-7-3-2-4-8-15/h2-10,13,19H,11-12,14H2,1H3. The minimum absolute atomic E-state index is 0.915. The molecule has 0 fully saturated rings. The van der Waals surface area contributed by atoms with Gasteiger partial charge in [-0.25, -0.2) is 0 Å². The lowest BCUT2D eigenvalue weighted by atomic mass is 10.1. The molecular formula is C18H20N2. The number of hydrogen-bond acceptors (Lipinski definition) is 1. The lowest BCUT2D eigenvalue weighted by molar-refractivity contribution is 0.657. The van der Waals surface area contributed by atoms with Gasteiger partial charge in [-0.05, 0) is 36.0 Å². The molecular weight excluding hydrogens is 244 g/mol. The van der Waals surface area contributed by atoms with Crippen LogP contribution in [0.2, 0.25) is 0 Å². The molecule has 0 aliphatic carbocycles. The molecule has 0 atom stereocenters. The molecule has 2 aromatic carbocycles. The fraction of sp³-hybridized carbons (Fsp3) is 0.222. The molecule has 0 bridgehead atoms. The van der Waals surface area contributed by atoms with Gasteiger partial charge >= 0.3 is 0 Å². The molecule has 2 heteroatoms. The summed E-state index contributed by atoms with van der Waals surface area (Å²) in [7, 11) is 2.14. The van der Waals surface area contributed by atoms with Crippen molar-refractivity contribution in [3.8, 4) is 0 Å².